The van der Waals surface area contributed by atoms with Gasteiger partial charge >= 0.3 is 0 Å². The first kappa shape index (κ1) is 15.3. The average molecular weight is 332 g/mol. The van der Waals surface area contributed by atoms with Crippen LogP contribution in [0.25, 0.3) is 0 Å². The molecule has 2 aromatic carbocycles. The first-order valence-electron chi connectivity index (χ1n) is 7.03. The third-order valence-corrected chi connectivity index (χ3v) is 4.60. The predicted molar refractivity (Wildman–Crippen MR) is 90.0 cm³/mol. The van der Waals surface area contributed by atoms with E-state index in [2.05, 4.69) is 85.3 Å². The SMILES string of the molecule is Cc1ccc(C)c(C(C)NCc2ccc(C)c(Br)c2)c1. The maximum Gasteiger partial charge on any atom is 0.0297 e. The van der Waals surface area contributed by atoms with Crippen molar-refractivity contribution >= 4 is 15.9 Å². The minimum absolute atomic E-state index is 0.356. The largest absolute Gasteiger partial charge is 0.306 e. The Morgan fingerprint density at radius 2 is 1.70 bits per heavy atom. The Balaban J connectivity index is 2.06. The topological polar surface area (TPSA) is 12.0 Å². The second-order valence-electron chi connectivity index (χ2n) is 5.55. The highest BCUT2D eigenvalue weighted by Gasteiger charge is 2.08. The van der Waals surface area contributed by atoms with Crippen LogP contribution in [-0.4, -0.2) is 0 Å². The lowest BCUT2D eigenvalue weighted by Crippen LogP contribution is -2.19. The van der Waals surface area contributed by atoms with Gasteiger partial charge in [-0.15, -0.1) is 0 Å². The maximum atomic E-state index is 3.61. The molecule has 0 spiro atoms. The minimum atomic E-state index is 0.356. The zero-order valence-electron chi connectivity index (χ0n) is 12.6. The van der Waals surface area contributed by atoms with Crippen molar-refractivity contribution in [1.29, 1.82) is 0 Å². The van der Waals surface area contributed by atoms with Crippen LogP contribution in [0.15, 0.2) is 40.9 Å². The molecular formula is C18H22BrN. The molecule has 0 saturated heterocycles. The van der Waals surface area contributed by atoms with E-state index >= 15 is 0 Å². The van der Waals surface area contributed by atoms with Crippen LogP contribution < -0.4 is 5.32 Å². The molecule has 0 saturated carbocycles. The van der Waals surface area contributed by atoms with Gasteiger partial charge in [0.25, 0.3) is 0 Å². The number of rotatable bonds is 4. The third-order valence-electron chi connectivity index (χ3n) is 3.75. The lowest BCUT2D eigenvalue weighted by molar-refractivity contribution is 0.572. The van der Waals surface area contributed by atoms with E-state index in [1.165, 1.54) is 32.3 Å². The average Bonchev–Trinajstić information content (AvgIpc) is 2.42. The van der Waals surface area contributed by atoms with Gasteiger partial charge in [0.05, 0.1) is 0 Å². The summed E-state index contributed by atoms with van der Waals surface area (Å²) in [4.78, 5) is 0. The van der Waals surface area contributed by atoms with E-state index in [-0.39, 0.29) is 0 Å². The second kappa shape index (κ2) is 6.55. The molecule has 0 aliphatic rings. The van der Waals surface area contributed by atoms with Gasteiger partial charge in [-0.3, -0.25) is 0 Å². The predicted octanol–water partition coefficient (Wildman–Crippen LogP) is 5.23. The van der Waals surface area contributed by atoms with Crippen molar-refractivity contribution in [2.24, 2.45) is 0 Å². The van der Waals surface area contributed by atoms with Crippen molar-refractivity contribution in [3.05, 3.63) is 68.7 Å². The highest BCUT2D eigenvalue weighted by Crippen LogP contribution is 2.21. The van der Waals surface area contributed by atoms with E-state index in [4.69, 9.17) is 0 Å². The molecule has 0 aromatic heterocycles. The molecule has 1 unspecified atom stereocenters. The molecule has 1 N–H and O–H groups in total. The molecular weight excluding hydrogens is 310 g/mol. The molecule has 106 valence electrons. The van der Waals surface area contributed by atoms with Gasteiger partial charge in [0, 0.05) is 17.1 Å². The van der Waals surface area contributed by atoms with Crippen LogP contribution in [-0.2, 0) is 6.54 Å². The van der Waals surface area contributed by atoms with Crippen LogP contribution in [0.2, 0.25) is 0 Å². The summed E-state index contributed by atoms with van der Waals surface area (Å²) in [6, 6.07) is 13.5. The van der Waals surface area contributed by atoms with Crippen molar-refractivity contribution < 1.29 is 0 Å². The Morgan fingerprint density at radius 1 is 1.00 bits per heavy atom. The first-order chi connectivity index (χ1) is 9.47. The fourth-order valence-electron chi connectivity index (χ4n) is 2.35. The van der Waals surface area contributed by atoms with Crippen LogP contribution in [0.5, 0.6) is 0 Å². The number of halogens is 1. The minimum Gasteiger partial charge on any atom is -0.306 e. The van der Waals surface area contributed by atoms with Crippen LogP contribution in [0.1, 0.15) is 40.8 Å². The number of nitrogens with one attached hydrogen (secondary N) is 1. The third kappa shape index (κ3) is 3.71. The van der Waals surface area contributed by atoms with Gasteiger partial charge < -0.3 is 5.32 Å². The molecule has 0 aliphatic carbocycles. The van der Waals surface area contributed by atoms with E-state index < -0.39 is 0 Å². The molecule has 20 heavy (non-hydrogen) atoms. The molecule has 1 nitrogen and oxygen atoms in total. The summed E-state index contributed by atoms with van der Waals surface area (Å²) in [5.74, 6) is 0. The summed E-state index contributed by atoms with van der Waals surface area (Å²) in [5.41, 5.74) is 6.63. The molecule has 2 heteroatoms. The van der Waals surface area contributed by atoms with Crippen LogP contribution in [0.4, 0.5) is 0 Å². The first-order valence-corrected chi connectivity index (χ1v) is 7.82. The summed E-state index contributed by atoms with van der Waals surface area (Å²) in [5, 5.41) is 3.61. The Morgan fingerprint density at radius 3 is 2.40 bits per heavy atom. The van der Waals surface area contributed by atoms with E-state index in [0.29, 0.717) is 6.04 Å². The van der Waals surface area contributed by atoms with Gasteiger partial charge in [-0.1, -0.05) is 51.8 Å². The number of aryl methyl sites for hydroxylation is 3. The second-order valence-corrected chi connectivity index (χ2v) is 6.40. The highest BCUT2D eigenvalue weighted by atomic mass is 79.9. The number of benzene rings is 2. The van der Waals surface area contributed by atoms with E-state index in [9.17, 15) is 0 Å². The van der Waals surface area contributed by atoms with Crippen molar-refractivity contribution in [1.82, 2.24) is 5.32 Å². The summed E-state index contributed by atoms with van der Waals surface area (Å²) in [7, 11) is 0. The van der Waals surface area contributed by atoms with Crippen LogP contribution in [0, 0.1) is 20.8 Å². The Bertz CT molecular complexity index is 604. The Labute approximate surface area is 130 Å². The molecule has 0 amide bonds. The number of hydrogen-bond acceptors (Lipinski definition) is 1. The van der Waals surface area contributed by atoms with E-state index in [1.807, 2.05) is 0 Å². The molecule has 0 fully saturated rings. The summed E-state index contributed by atoms with van der Waals surface area (Å²) < 4.78 is 1.18. The van der Waals surface area contributed by atoms with E-state index in [0.717, 1.165) is 6.54 Å². The molecule has 0 bridgehead atoms. The molecule has 0 aliphatic heterocycles. The number of hydrogen-bond donors (Lipinski definition) is 1. The quantitative estimate of drug-likeness (QED) is 0.809. The molecule has 2 aromatic rings. The smallest absolute Gasteiger partial charge is 0.0297 e. The monoisotopic (exact) mass is 331 g/mol. The summed E-state index contributed by atoms with van der Waals surface area (Å²) in [6.45, 7) is 9.54. The fraction of sp³-hybridized carbons (Fsp3) is 0.333. The summed E-state index contributed by atoms with van der Waals surface area (Å²) >= 11 is 3.59. The lowest BCUT2D eigenvalue weighted by atomic mass is 10.00. The summed E-state index contributed by atoms with van der Waals surface area (Å²) in [6.07, 6.45) is 0. The van der Waals surface area contributed by atoms with Crippen LogP contribution >= 0.6 is 15.9 Å². The van der Waals surface area contributed by atoms with E-state index in [1.54, 1.807) is 0 Å². The Hall–Kier alpha value is -1.12. The van der Waals surface area contributed by atoms with Crippen molar-refractivity contribution in [2.45, 2.75) is 40.3 Å². The van der Waals surface area contributed by atoms with Gasteiger partial charge in [-0.2, -0.15) is 0 Å². The normalized spacial score (nSPS) is 12.4. The zero-order chi connectivity index (χ0) is 14.7. The highest BCUT2D eigenvalue weighted by molar-refractivity contribution is 9.10. The molecule has 0 heterocycles. The lowest BCUT2D eigenvalue weighted by Gasteiger charge is -2.17. The molecule has 2 rings (SSSR count). The Kier molecular flexibility index (Phi) is 5.00. The van der Waals surface area contributed by atoms with Crippen LogP contribution in [0.3, 0.4) is 0 Å². The fourth-order valence-corrected chi connectivity index (χ4v) is 2.78. The maximum absolute atomic E-state index is 3.61. The molecule has 1 atom stereocenters. The van der Waals surface area contributed by atoms with Gasteiger partial charge in [0.2, 0.25) is 0 Å². The van der Waals surface area contributed by atoms with Crippen molar-refractivity contribution in [2.75, 3.05) is 0 Å². The van der Waals surface area contributed by atoms with Gasteiger partial charge in [0.1, 0.15) is 0 Å². The van der Waals surface area contributed by atoms with Gasteiger partial charge in [-0.25, -0.2) is 0 Å². The standard InChI is InChI=1S/C18H22BrN/c1-12-5-6-13(2)17(9-12)15(4)20-11-16-8-7-14(3)18(19)10-16/h5-10,15,20H,11H2,1-4H3. The zero-order valence-corrected chi connectivity index (χ0v) is 14.2. The molecule has 0 radical (unpaired) electrons. The van der Waals surface area contributed by atoms with Crippen molar-refractivity contribution in [3.8, 4) is 0 Å². The van der Waals surface area contributed by atoms with Gasteiger partial charge in [0.15, 0.2) is 0 Å². The van der Waals surface area contributed by atoms with Crippen molar-refractivity contribution in [3.63, 3.8) is 0 Å². The van der Waals surface area contributed by atoms with Gasteiger partial charge in [-0.05, 0) is 56.0 Å².